The van der Waals surface area contributed by atoms with Gasteiger partial charge < -0.3 is 25.4 Å². The predicted octanol–water partition coefficient (Wildman–Crippen LogP) is 3.53. The van der Waals surface area contributed by atoms with E-state index in [2.05, 4.69) is 25.9 Å². The molecule has 0 aliphatic carbocycles. The first-order valence-corrected chi connectivity index (χ1v) is 9.92. The molecule has 0 spiro atoms. The van der Waals surface area contributed by atoms with Crippen molar-refractivity contribution in [3.05, 3.63) is 22.6 Å². The van der Waals surface area contributed by atoms with Gasteiger partial charge in [-0.2, -0.15) is 18.2 Å². The molecular weight excluding hydrogens is 425 g/mol. The summed E-state index contributed by atoms with van der Waals surface area (Å²) in [5.74, 6) is -1.31. The highest BCUT2D eigenvalue weighted by atomic mass is 35.5. The standard InChI is InChI=1S/C18H24ClF3N6O2/c1-9-3-6-30-15(23)14(27-17-24-7-12(19)16(25-9)28-17)10(2)26-13-4-5-29-8-11(13)18(20,21)22/h7,9,11,13,23,26H,3-6,8H2,1-2H3,(H2,24,25,27,28)/b14-10+,23-15?/t9-,11?,13?/m1/s1. The van der Waals surface area contributed by atoms with Crippen molar-refractivity contribution in [1.82, 2.24) is 15.3 Å². The Morgan fingerprint density at radius 1 is 1.33 bits per heavy atom. The zero-order valence-electron chi connectivity index (χ0n) is 16.6. The van der Waals surface area contributed by atoms with Crippen molar-refractivity contribution >= 4 is 29.3 Å². The molecule has 2 aliphatic rings. The molecule has 30 heavy (non-hydrogen) atoms. The number of halogens is 4. The van der Waals surface area contributed by atoms with Gasteiger partial charge in [-0.1, -0.05) is 11.6 Å². The molecule has 1 saturated heterocycles. The predicted molar refractivity (Wildman–Crippen MR) is 107 cm³/mol. The fourth-order valence-electron chi connectivity index (χ4n) is 3.26. The Balaban J connectivity index is 1.90. The minimum atomic E-state index is -4.40. The van der Waals surface area contributed by atoms with E-state index in [0.717, 1.165) is 0 Å². The summed E-state index contributed by atoms with van der Waals surface area (Å²) >= 11 is 6.14. The molecule has 2 bridgehead atoms. The van der Waals surface area contributed by atoms with Crippen LogP contribution in [-0.4, -0.2) is 53.9 Å². The molecule has 1 aromatic rings. The summed E-state index contributed by atoms with van der Waals surface area (Å²) in [4.78, 5) is 8.41. The lowest BCUT2D eigenvalue weighted by Gasteiger charge is -2.34. The molecule has 0 saturated carbocycles. The smallest absolute Gasteiger partial charge is 0.395 e. The zero-order chi connectivity index (χ0) is 21.9. The van der Waals surface area contributed by atoms with E-state index in [9.17, 15) is 13.2 Å². The zero-order valence-corrected chi connectivity index (χ0v) is 17.3. The van der Waals surface area contributed by atoms with E-state index in [-0.39, 0.29) is 43.2 Å². The van der Waals surface area contributed by atoms with E-state index in [0.29, 0.717) is 23.0 Å². The van der Waals surface area contributed by atoms with Crippen LogP contribution in [0.5, 0.6) is 0 Å². The molecule has 0 radical (unpaired) electrons. The SMILES string of the molecule is C/C(NC1CCOCC1C(F)(F)F)=C1\Nc2ncc(Cl)c(n2)N[C@H](C)CCOC1=N. The van der Waals surface area contributed by atoms with Gasteiger partial charge >= 0.3 is 6.18 Å². The molecule has 1 fully saturated rings. The van der Waals surface area contributed by atoms with Crippen LogP contribution in [-0.2, 0) is 9.47 Å². The molecule has 3 atom stereocenters. The first-order valence-electron chi connectivity index (χ1n) is 9.55. The molecule has 12 heteroatoms. The molecule has 8 nitrogen and oxygen atoms in total. The van der Waals surface area contributed by atoms with Gasteiger partial charge in [-0.3, -0.25) is 5.41 Å². The highest BCUT2D eigenvalue weighted by Crippen LogP contribution is 2.33. The average Bonchev–Trinajstić information content (AvgIpc) is 2.69. The number of fused-ring (bicyclic) bond motifs is 2. The van der Waals surface area contributed by atoms with Crippen LogP contribution in [0.3, 0.4) is 0 Å². The van der Waals surface area contributed by atoms with Crippen LogP contribution in [0.4, 0.5) is 24.9 Å². The minimum absolute atomic E-state index is 0.0300. The fourth-order valence-corrected chi connectivity index (χ4v) is 3.41. The third-order valence-corrected chi connectivity index (χ3v) is 5.22. The molecular formula is C18H24ClF3N6O2. The fraction of sp³-hybridized carbons (Fsp3) is 0.611. The maximum atomic E-state index is 13.4. The van der Waals surface area contributed by atoms with Crippen molar-refractivity contribution in [1.29, 1.82) is 5.41 Å². The molecule has 2 unspecified atom stereocenters. The highest BCUT2D eigenvalue weighted by Gasteiger charge is 2.46. The second kappa shape index (κ2) is 9.25. The maximum absolute atomic E-state index is 13.4. The van der Waals surface area contributed by atoms with Gasteiger partial charge in [-0.15, -0.1) is 0 Å². The van der Waals surface area contributed by atoms with E-state index < -0.39 is 24.7 Å². The summed E-state index contributed by atoms with van der Waals surface area (Å²) in [5.41, 5.74) is 0.478. The van der Waals surface area contributed by atoms with E-state index in [1.54, 1.807) is 6.92 Å². The molecule has 3 heterocycles. The van der Waals surface area contributed by atoms with Gasteiger partial charge in [0, 0.05) is 30.8 Å². The Kier molecular flexibility index (Phi) is 6.91. The quantitative estimate of drug-likeness (QED) is 0.548. The number of rotatable bonds is 2. The van der Waals surface area contributed by atoms with Gasteiger partial charge in [-0.25, -0.2) is 4.98 Å². The number of alkyl halides is 3. The van der Waals surface area contributed by atoms with Crippen LogP contribution in [0.25, 0.3) is 0 Å². The molecule has 2 aliphatic heterocycles. The Labute approximate surface area is 177 Å². The number of nitrogens with zero attached hydrogens (tertiary/aromatic N) is 2. The number of anilines is 2. The van der Waals surface area contributed by atoms with Gasteiger partial charge in [0.1, 0.15) is 10.7 Å². The van der Waals surface area contributed by atoms with Crippen molar-refractivity contribution in [3.63, 3.8) is 0 Å². The van der Waals surface area contributed by atoms with Crippen LogP contribution in [0.2, 0.25) is 5.02 Å². The third-order valence-electron chi connectivity index (χ3n) is 4.94. The van der Waals surface area contributed by atoms with Crippen LogP contribution < -0.4 is 16.0 Å². The van der Waals surface area contributed by atoms with Gasteiger partial charge in [-0.05, 0) is 20.3 Å². The van der Waals surface area contributed by atoms with E-state index in [1.165, 1.54) is 6.20 Å². The topological polar surface area (TPSA) is 104 Å². The summed E-state index contributed by atoms with van der Waals surface area (Å²) in [5, 5.41) is 17.6. The number of hydrogen-bond donors (Lipinski definition) is 4. The first kappa shape index (κ1) is 22.4. The van der Waals surface area contributed by atoms with E-state index in [4.69, 9.17) is 26.5 Å². The third kappa shape index (κ3) is 5.45. The van der Waals surface area contributed by atoms with Crippen molar-refractivity contribution in [3.8, 4) is 0 Å². The lowest BCUT2D eigenvalue weighted by molar-refractivity contribution is -0.206. The normalized spacial score (nSPS) is 27.1. The maximum Gasteiger partial charge on any atom is 0.395 e. The van der Waals surface area contributed by atoms with E-state index >= 15 is 0 Å². The van der Waals surface area contributed by atoms with Gasteiger partial charge in [0.05, 0.1) is 25.3 Å². The van der Waals surface area contributed by atoms with Crippen LogP contribution in [0, 0.1) is 11.3 Å². The highest BCUT2D eigenvalue weighted by molar-refractivity contribution is 6.32. The molecule has 0 aromatic carbocycles. The second-order valence-corrected chi connectivity index (χ2v) is 7.70. The second-order valence-electron chi connectivity index (χ2n) is 7.29. The first-order chi connectivity index (χ1) is 14.1. The average molecular weight is 449 g/mol. The van der Waals surface area contributed by atoms with Gasteiger partial charge in [0.25, 0.3) is 0 Å². The van der Waals surface area contributed by atoms with Crippen LogP contribution in [0.1, 0.15) is 26.7 Å². The van der Waals surface area contributed by atoms with Crippen molar-refractivity contribution in [2.75, 3.05) is 30.5 Å². The number of hydrogen-bond acceptors (Lipinski definition) is 8. The van der Waals surface area contributed by atoms with Crippen LogP contribution in [0.15, 0.2) is 17.6 Å². The van der Waals surface area contributed by atoms with Crippen molar-refractivity contribution in [2.45, 2.75) is 44.9 Å². The summed E-state index contributed by atoms with van der Waals surface area (Å²) in [6.45, 7) is 3.55. The monoisotopic (exact) mass is 448 g/mol. The molecule has 1 aromatic heterocycles. The van der Waals surface area contributed by atoms with E-state index in [1.807, 2.05) is 6.92 Å². The lowest BCUT2D eigenvalue weighted by Crippen LogP contribution is -2.49. The Bertz CT molecular complexity index is 820. The summed E-state index contributed by atoms with van der Waals surface area (Å²) < 4.78 is 50.7. The van der Waals surface area contributed by atoms with Crippen molar-refractivity contribution in [2.24, 2.45) is 5.92 Å². The Morgan fingerprint density at radius 2 is 2.10 bits per heavy atom. The number of nitrogens with one attached hydrogen (secondary N) is 4. The minimum Gasteiger partial charge on any atom is -0.476 e. The summed E-state index contributed by atoms with van der Waals surface area (Å²) in [6, 6.07) is -0.917. The lowest BCUT2D eigenvalue weighted by atomic mass is 9.95. The largest absolute Gasteiger partial charge is 0.476 e. The Morgan fingerprint density at radius 3 is 2.83 bits per heavy atom. The molecule has 4 N–H and O–H groups in total. The van der Waals surface area contributed by atoms with Crippen molar-refractivity contribution < 1.29 is 22.6 Å². The molecule has 0 amide bonds. The molecule has 166 valence electrons. The number of ether oxygens (including phenoxy) is 2. The summed E-state index contributed by atoms with van der Waals surface area (Å²) in [7, 11) is 0. The van der Waals surface area contributed by atoms with Crippen LogP contribution >= 0.6 is 11.6 Å². The number of aromatic nitrogens is 2. The van der Waals surface area contributed by atoms with Gasteiger partial charge in [0.15, 0.2) is 5.82 Å². The van der Waals surface area contributed by atoms with Gasteiger partial charge in [0.2, 0.25) is 11.8 Å². The number of allylic oxidation sites excluding steroid dienone is 1. The summed E-state index contributed by atoms with van der Waals surface area (Å²) in [6.07, 6.45) is -2.24. The molecule has 3 rings (SSSR count). The Hall–Kier alpha value is -2.27.